The fourth-order valence-corrected chi connectivity index (χ4v) is 2.31. The van der Waals surface area contributed by atoms with Crippen LogP contribution in [0.15, 0.2) is 6.20 Å². The molecule has 0 bridgehead atoms. The van der Waals surface area contributed by atoms with E-state index in [0.29, 0.717) is 12.0 Å². The number of nitrogens with one attached hydrogen (secondary N) is 1. The summed E-state index contributed by atoms with van der Waals surface area (Å²) in [4.78, 5) is 4.50. The van der Waals surface area contributed by atoms with Crippen molar-refractivity contribution >= 4 is 0 Å². The van der Waals surface area contributed by atoms with Gasteiger partial charge >= 0.3 is 0 Å². The topological polar surface area (TPSA) is 34.1 Å². The summed E-state index contributed by atoms with van der Waals surface area (Å²) in [6.07, 6.45) is 3.07. The number of aryl methyl sites for hydroxylation is 1. The van der Waals surface area contributed by atoms with Crippen molar-refractivity contribution in [1.29, 1.82) is 0 Å². The summed E-state index contributed by atoms with van der Waals surface area (Å²) in [5.74, 6) is 1.67. The summed E-state index contributed by atoms with van der Waals surface area (Å²) in [6, 6.07) is 0.512. The van der Waals surface area contributed by atoms with Gasteiger partial charge in [-0.2, -0.15) is 0 Å². The van der Waals surface area contributed by atoms with Crippen LogP contribution in [0.5, 0.6) is 5.75 Å². The molecule has 102 valence electrons. The minimum Gasteiger partial charge on any atom is -0.496 e. The van der Waals surface area contributed by atoms with Gasteiger partial charge in [0.05, 0.1) is 12.8 Å². The second-order valence-electron chi connectivity index (χ2n) is 5.46. The van der Waals surface area contributed by atoms with Gasteiger partial charge < -0.3 is 10.1 Å². The van der Waals surface area contributed by atoms with E-state index >= 15 is 0 Å². The van der Waals surface area contributed by atoms with Gasteiger partial charge in [-0.15, -0.1) is 0 Å². The van der Waals surface area contributed by atoms with Crippen LogP contribution in [0.2, 0.25) is 0 Å². The molecule has 0 saturated carbocycles. The molecule has 1 N–H and O–H groups in total. The molecule has 0 spiro atoms. The maximum absolute atomic E-state index is 5.42. The molecule has 0 fully saturated rings. The quantitative estimate of drug-likeness (QED) is 0.841. The molecule has 0 aliphatic rings. The molecule has 0 aliphatic heterocycles. The molecular formula is C15H26N2O. The van der Waals surface area contributed by atoms with E-state index < -0.39 is 0 Å². The highest BCUT2D eigenvalue weighted by atomic mass is 16.5. The number of methoxy groups -OCH3 is 1. The van der Waals surface area contributed by atoms with E-state index in [1.54, 1.807) is 7.11 Å². The van der Waals surface area contributed by atoms with E-state index in [1.165, 1.54) is 6.42 Å². The summed E-state index contributed by atoms with van der Waals surface area (Å²) >= 11 is 0. The molecule has 1 rings (SSSR count). The van der Waals surface area contributed by atoms with Gasteiger partial charge in [0.15, 0.2) is 0 Å². The van der Waals surface area contributed by atoms with Gasteiger partial charge in [-0.1, -0.05) is 13.8 Å². The Hall–Kier alpha value is -1.09. The highest BCUT2D eigenvalue weighted by molar-refractivity contribution is 5.40. The Kier molecular flexibility index (Phi) is 5.60. The van der Waals surface area contributed by atoms with Gasteiger partial charge in [-0.05, 0) is 33.1 Å². The molecule has 1 heterocycles. The third-order valence-electron chi connectivity index (χ3n) is 3.19. The van der Waals surface area contributed by atoms with Gasteiger partial charge in [-0.3, -0.25) is 4.98 Å². The first-order valence-corrected chi connectivity index (χ1v) is 6.68. The number of hydrogen-bond acceptors (Lipinski definition) is 3. The molecule has 0 aromatic carbocycles. The van der Waals surface area contributed by atoms with Crippen molar-refractivity contribution in [2.75, 3.05) is 7.11 Å². The molecule has 0 aliphatic carbocycles. The molecule has 3 heteroatoms. The van der Waals surface area contributed by atoms with Crippen LogP contribution < -0.4 is 10.1 Å². The Labute approximate surface area is 111 Å². The minimum absolute atomic E-state index is 0.512. The van der Waals surface area contributed by atoms with Crippen LogP contribution in [0.4, 0.5) is 0 Å². The maximum Gasteiger partial charge on any atom is 0.128 e. The lowest BCUT2D eigenvalue weighted by Crippen LogP contribution is -2.27. The van der Waals surface area contributed by atoms with E-state index in [4.69, 9.17) is 4.74 Å². The number of hydrogen-bond donors (Lipinski definition) is 1. The fourth-order valence-electron chi connectivity index (χ4n) is 2.31. The first kappa shape index (κ1) is 15.0. The molecular weight excluding hydrogens is 224 g/mol. The van der Waals surface area contributed by atoms with Crippen LogP contribution in [0.25, 0.3) is 0 Å². The smallest absolute Gasteiger partial charge is 0.128 e. The van der Waals surface area contributed by atoms with Gasteiger partial charge in [0, 0.05) is 29.9 Å². The van der Waals surface area contributed by atoms with Crippen LogP contribution >= 0.6 is 0 Å². The maximum atomic E-state index is 5.42. The number of ether oxygens (including phenoxy) is 1. The zero-order chi connectivity index (χ0) is 13.7. The summed E-state index contributed by atoms with van der Waals surface area (Å²) in [6.45, 7) is 11.6. The van der Waals surface area contributed by atoms with Gasteiger partial charge in [0.25, 0.3) is 0 Å². The molecule has 1 aromatic heterocycles. The lowest BCUT2D eigenvalue weighted by Gasteiger charge is -2.17. The first-order chi connectivity index (χ1) is 8.45. The Balaban J connectivity index is 2.68. The largest absolute Gasteiger partial charge is 0.496 e. The zero-order valence-corrected chi connectivity index (χ0v) is 12.5. The van der Waals surface area contributed by atoms with Crippen molar-refractivity contribution in [2.24, 2.45) is 5.92 Å². The van der Waals surface area contributed by atoms with Crippen LogP contribution in [-0.2, 0) is 6.54 Å². The summed E-state index contributed by atoms with van der Waals surface area (Å²) in [5, 5.41) is 3.52. The highest BCUT2D eigenvalue weighted by Gasteiger charge is 2.10. The van der Waals surface area contributed by atoms with Crippen LogP contribution in [0, 0.1) is 19.8 Å². The summed E-state index contributed by atoms with van der Waals surface area (Å²) in [7, 11) is 1.72. The summed E-state index contributed by atoms with van der Waals surface area (Å²) < 4.78 is 5.42. The van der Waals surface area contributed by atoms with Crippen molar-refractivity contribution in [3.05, 3.63) is 23.0 Å². The van der Waals surface area contributed by atoms with Crippen LogP contribution in [-0.4, -0.2) is 18.1 Å². The van der Waals surface area contributed by atoms with Crippen molar-refractivity contribution in [1.82, 2.24) is 10.3 Å². The van der Waals surface area contributed by atoms with Crippen molar-refractivity contribution in [2.45, 2.75) is 53.6 Å². The van der Waals surface area contributed by atoms with Crippen molar-refractivity contribution in [3.8, 4) is 5.75 Å². The second kappa shape index (κ2) is 6.74. The average Bonchev–Trinajstić information content (AvgIpc) is 2.27. The third-order valence-corrected chi connectivity index (χ3v) is 3.19. The SMILES string of the molecule is COc1c(C)cnc(CNC(C)CC(C)C)c1C. The van der Waals surface area contributed by atoms with Crippen LogP contribution in [0.3, 0.4) is 0 Å². The fraction of sp³-hybridized carbons (Fsp3) is 0.667. The molecule has 0 radical (unpaired) electrons. The Morgan fingerprint density at radius 3 is 2.50 bits per heavy atom. The van der Waals surface area contributed by atoms with Crippen molar-refractivity contribution in [3.63, 3.8) is 0 Å². The number of aromatic nitrogens is 1. The number of rotatable bonds is 6. The van der Waals surface area contributed by atoms with Crippen LogP contribution in [0.1, 0.15) is 44.0 Å². The standard InChI is InChI=1S/C15H26N2O/c1-10(2)7-12(4)16-9-14-13(5)15(18-6)11(3)8-17-14/h8,10,12,16H,7,9H2,1-6H3. The first-order valence-electron chi connectivity index (χ1n) is 6.68. The van der Waals surface area contributed by atoms with Crippen molar-refractivity contribution < 1.29 is 4.74 Å². The Bertz CT molecular complexity index is 388. The molecule has 3 nitrogen and oxygen atoms in total. The number of nitrogens with zero attached hydrogens (tertiary/aromatic N) is 1. The summed E-state index contributed by atoms with van der Waals surface area (Å²) in [5.41, 5.74) is 3.31. The van der Waals surface area contributed by atoms with Gasteiger partial charge in [0.1, 0.15) is 5.75 Å². The molecule has 1 unspecified atom stereocenters. The van der Waals surface area contributed by atoms with E-state index in [1.807, 2.05) is 13.1 Å². The van der Waals surface area contributed by atoms with Gasteiger partial charge in [0.2, 0.25) is 0 Å². The average molecular weight is 250 g/mol. The minimum atomic E-state index is 0.512. The second-order valence-corrected chi connectivity index (χ2v) is 5.46. The lowest BCUT2D eigenvalue weighted by molar-refractivity contribution is 0.404. The Morgan fingerprint density at radius 1 is 1.28 bits per heavy atom. The van der Waals surface area contributed by atoms with Gasteiger partial charge in [-0.25, -0.2) is 0 Å². The van der Waals surface area contributed by atoms with E-state index in [2.05, 4.69) is 38.0 Å². The Morgan fingerprint density at radius 2 is 1.94 bits per heavy atom. The number of pyridine rings is 1. The monoisotopic (exact) mass is 250 g/mol. The normalized spacial score (nSPS) is 12.8. The van der Waals surface area contributed by atoms with E-state index in [-0.39, 0.29) is 0 Å². The van der Waals surface area contributed by atoms with E-state index in [9.17, 15) is 0 Å². The molecule has 1 atom stereocenters. The molecule has 0 amide bonds. The van der Waals surface area contributed by atoms with E-state index in [0.717, 1.165) is 29.1 Å². The lowest BCUT2D eigenvalue weighted by atomic mass is 10.0. The molecule has 18 heavy (non-hydrogen) atoms. The molecule has 0 saturated heterocycles. The molecule has 1 aromatic rings. The third kappa shape index (κ3) is 3.98. The predicted octanol–water partition coefficient (Wildman–Crippen LogP) is 3.23. The predicted molar refractivity (Wildman–Crippen MR) is 76.0 cm³/mol. The zero-order valence-electron chi connectivity index (χ0n) is 12.5. The highest BCUT2D eigenvalue weighted by Crippen LogP contribution is 2.23.